The number of para-hydroxylation sites is 2. The SMILES string of the molecule is c1ccc2c3nc4ccccc4c-3ncnc2c1. The predicted octanol–water partition coefficient (Wildman–Crippen LogP) is 3.28. The predicted molar refractivity (Wildman–Crippen MR) is 71.5 cm³/mol. The maximum Gasteiger partial charge on any atom is 0.116 e. The second-order valence-corrected chi connectivity index (χ2v) is 4.22. The molecule has 0 atom stereocenters. The topological polar surface area (TPSA) is 38.7 Å². The molecule has 2 aromatic carbocycles. The summed E-state index contributed by atoms with van der Waals surface area (Å²) < 4.78 is 0. The summed E-state index contributed by atoms with van der Waals surface area (Å²) in [5, 5.41) is 2.12. The maximum atomic E-state index is 4.68. The lowest BCUT2D eigenvalue weighted by molar-refractivity contribution is 1.26. The summed E-state index contributed by atoms with van der Waals surface area (Å²) in [6.45, 7) is 0. The average Bonchev–Trinajstić information content (AvgIpc) is 2.69. The maximum absolute atomic E-state index is 4.68. The van der Waals surface area contributed by atoms with Gasteiger partial charge in [-0.3, -0.25) is 0 Å². The Kier molecular flexibility index (Phi) is 1.83. The Morgan fingerprint density at radius 2 is 1.28 bits per heavy atom. The molecule has 0 fully saturated rings. The van der Waals surface area contributed by atoms with Crippen molar-refractivity contribution in [3.8, 4) is 11.4 Å². The van der Waals surface area contributed by atoms with Crippen molar-refractivity contribution in [1.29, 1.82) is 0 Å². The Bertz CT molecular complexity index is 839. The van der Waals surface area contributed by atoms with Crippen molar-refractivity contribution < 1.29 is 0 Å². The third kappa shape index (κ3) is 1.21. The van der Waals surface area contributed by atoms with Gasteiger partial charge in [0.1, 0.15) is 12.0 Å². The average molecular weight is 231 g/mol. The van der Waals surface area contributed by atoms with Crippen LogP contribution in [0.5, 0.6) is 0 Å². The highest BCUT2D eigenvalue weighted by molar-refractivity contribution is 6.03. The molecule has 4 rings (SSSR count). The molecule has 0 spiro atoms. The minimum atomic E-state index is 0.916. The number of aromatic nitrogens is 3. The van der Waals surface area contributed by atoms with Gasteiger partial charge in [0.2, 0.25) is 0 Å². The van der Waals surface area contributed by atoms with E-state index in [1.165, 1.54) is 0 Å². The van der Waals surface area contributed by atoms with Gasteiger partial charge in [0.25, 0.3) is 0 Å². The highest BCUT2D eigenvalue weighted by Crippen LogP contribution is 2.32. The minimum absolute atomic E-state index is 0.916. The van der Waals surface area contributed by atoms with Crippen LogP contribution in [0.25, 0.3) is 33.2 Å². The van der Waals surface area contributed by atoms with Gasteiger partial charge in [0.05, 0.1) is 16.7 Å². The van der Waals surface area contributed by atoms with Crippen LogP contribution in [0.2, 0.25) is 0 Å². The first-order valence-electron chi connectivity index (χ1n) is 5.82. The Morgan fingerprint density at radius 1 is 0.611 bits per heavy atom. The first kappa shape index (κ1) is 9.48. The lowest BCUT2D eigenvalue weighted by Gasteiger charge is -1.93. The third-order valence-corrected chi connectivity index (χ3v) is 3.16. The molecule has 0 saturated heterocycles. The highest BCUT2D eigenvalue weighted by Gasteiger charge is 2.14. The van der Waals surface area contributed by atoms with Crippen LogP contribution in [0.15, 0.2) is 54.9 Å². The summed E-state index contributed by atoms with van der Waals surface area (Å²) in [5.41, 5.74) is 3.74. The molecule has 3 heteroatoms. The van der Waals surface area contributed by atoms with E-state index >= 15 is 0 Å². The fourth-order valence-electron chi connectivity index (χ4n) is 2.33. The number of hydrogen-bond acceptors (Lipinski definition) is 3. The Morgan fingerprint density at radius 3 is 2.11 bits per heavy atom. The molecule has 2 heterocycles. The van der Waals surface area contributed by atoms with Gasteiger partial charge in [0.15, 0.2) is 0 Å². The van der Waals surface area contributed by atoms with Gasteiger partial charge in [-0.2, -0.15) is 0 Å². The van der Waals surface area contributed by atoms with Crippen LogP contribution in [-0.2, 0) is 0 Å². The van der Waals surface area contributed by atoms with Crippen LogP contribution in [0, 0.1) is 0 Å². The molecule has 2 aliphatic heterocycles. The van der Waals surface area contributed by atoms with E-state index in [4.69, 9.17) is 0 Å². The molecular formula is C15H9N3. The first-order chi connectivity index (χ1) is 8.93. The van der Waals surface area contributed by atoms with Crippen molar-refractivity contribution in [2.45, 2.75) is 0 Å². The Labute approximate surface area is 103 Å². The van der Waals surface area contributed by atoms with Gasteiger partial charge in [-0.15, -0.1) is 0 Å². The van der Waals surface area contributed by atoms with Gasteiger partial charge in [-0.05, 0) is 12.1 Å². The molecule has 0 radical (unpaired) electrons. The van der Waals surface area contributed by atoms with Crippen molar-refractivity contribution >= 4 is 21.8 Å². The summed E-state index contributed by atoms with van der Waals surface area (Å²) in [6, 6.07) is 16.1. The molecule has 0 unspecified atom stereocenters. The van der Waals surface area contributed by atoms with E-state index in [-0.39, 0.29) is 0 Å². The molecule has 3 nitrogen and oxygen atoms in total. The zero-order valence-corrected chi connectivity index (χ0v) is 9.54. The molecule has 84 valence electrons. The molecule has 2 aromatic rings. The highest BCUT2D eigenvalue weighted by atomic mass is 14.9. The van der Waals surface area contributed by atoms with Crippen LogP contribution in [0.1, 0.15) is 0 Å². The molecule has 0 bridgehead atoms. The quantitative estimate of drug-likeness (QED) is 0.466. The van der Waals surface area contributed by atoms with Crippen molar-refractivity contribution in [2.75, 3.05) is 0 Å². The van der Waals surface area contributed by atoms with Gasteiger partial charge in [-0.25, -0.2) is 15.0 Å². The Balaban J connectivity index is 2.28. The van der Waals surface area contributed by atoms with E-state index in [2.05, 4.69) is 15.0 Å². The summed E-state index contributed by atoms with van der Waals surface area (Å²) in [5.74, 6) is 0. The molecule has 0 amide bonds. The zero-order chi connectivity index (χ0) is 11.9. The van der Waals surface area contributed by atoms with Gasteiger partial charge >= 0.3 is 0 Å². The first-order valence-corrected chi connectivity index (χ1v) is 5.82. The van der Waals surface area contributed by atoms with Crippen LogP contribution in [0.3, 0.4) is 0 Å². The van der Waals surface area contributed by atoms with Crippen LogP contribution >= 0.6 is 0 Å². The smallest absolute Gasteiger partial charge is 0.116 e. The van der Waals surface area contributed by atoms with E-state index in [1.807, 2.05) is 48.5 Å². The van der Waals surface area contributed by atoms with Crippen molar-refractivity contribution in [3.05, 3.63) is 54.9 Å². The van der Waals surface area contributed by atoms with Crippen LogP contribution in [-0.4, -0.2) is 15.0 Å². The summed E-state index contributed by atoms with van der Waals surface area (Å²) in [6.07, 6.45) is 1.61. The number of hydrogen-bond donors (Lipinski definition) is 0. The molecule has 0 N–H and O–H groups in total. The summed E-state index contributed by atoms with van der Waals surface area (Å²) >= 11 is 0. The largest absolute Gasteiger partial charge is 0.245 e. The number of benzene rings is 2. The fraction of sp³-hybridized carbons (Fsp3) is 0. The normalized spacial score (nSPS) is 11.3. The molecule has 0 aliphatic carbocycles. The molecule has 18 heavy (non-hydrogen) atoms. The standard InChI is InChI=1S/C15H9N3/c1-3-7-12-10(5-1)15-14(17-9-16-12)11-6-2-4-8-13(11)18-15/h1-9H. The third-order valence-electron chi connectivity index (χ3n) is 3.16. The molecular weight excluding hydrogens is 222 g/mol. The lowest BCUT2D eigenvalue weighted by atomic mass is 10.1. The lowest BCUT2D eigenvalue weighted by Crippen LogP contribution is -1.77. The van der Waals surface area contributed by atoms with E-state index in [0.29, 0.717) is 0 Å². The van der Waals surface area contributed by atoms with Gasteiger partial charge in [-0.1, -0.05) is 36.4 Å². The Hall–Kier alpha value is -2.55. The number of nitrogens with zero attached hydrogens (tertiary/aromatic N) is 3. The number of rotatable bonds is 0. The summed E-state index contributed by atoms with van der Waals surface area (Å²) in [7, 11) is 0. The fourth-order valence-corrected chi connectivity index (χ4v) is 2.33. The summed E-state index contributed by atoms with van der Waals surface area (Å²) in [4.78, 5) is 13.5. The van der Waals surface area contributed by atoms with E-state index in [1.54, 1.807) is 6.33 Å². The van der Waals surface area contributed by atoms with Crippen molar-refractivity contribution in [3.63, 3.8) is 0 Å². The van der Waals surface area contributed by atoms with E-state index in [0.717, 1.165) is 33.2 Å². The minimum Gasteiger partial charge on any atom is -0.245 e. The molecule has 2 aliphatic rings. The van der Waals surface area contributed by atoms with Crippen LogP contribution in [0.4, 0.5) is 0 Å². The monoisotopic (exact) mass is 231 g/mol. The second kappa shape index (κ2) is 3.47. The zero-order valence-electron chi connectivity index (χ0n) is 9.54. The van der Waals surface area contributed by atoms with E-state index < -0.39 is 0 Å². The second-order valence-electron chi connectivity index (χ2n) is 4.22. The number of fused-ring (bicyclic) bond motifs is 5. The van der Waals surface area contributed by atoms with Gasteiger partial charge < -0.3 is 0 Å². The van der Waals surface area contributed by atoms with Crippen LogP contribution < -0.4 is 0 Å². The van der Waals surface area contributed by atoms with Crippen molar-refractivity contribution in [1.82, 2.24) is 15.0 Å². The van der Waals surface area contributed by atoms with Gasteiger partial charge in [0, 0.05) is 10.8 Å². The van der Waals surface area contributed by atoms with E-state index in [9.17, 15) is 0 Å². The van der Waals surface area contributed by atoms with Crippen molar-refractivity contribution in [2.24, 2.45) is 0 Å². The molecule has 0 aromatic heterocycles. The molecule has 0 saturated carbocycles.